The van der Waals surface area contributed by atoms with Gasteiger partial charge in [0.1, 0.15) is 11.9 Å². The number of aromatic nitrogens is 2. The highest BCUT2D eigenvalue weighted by Crippen LogP contribution is 2.41. The van der Waals surface area contributed by atoms with Gasteiger partial charge in [-0.1, -0.05) is 18.3 Å². The number of aryl methyl sites for hydroxylation is 1. The first-order chi connectivity index (χ1) is 17.4. The van der Waals surface area contributed by atoms with E-state index in [0.29, 0.717) is 61.1 Å². The third-order valence-electron chi connectivity index (χ3n) is 7.22. The predicted octanol–water partition coefficient (Wildman–Crippen LogP) is 4.74. The summed E-state index contributed by atoms with van der Waals surface area (Å²) in [4.78, 5) is 24.4. The molecule has 1 aliphatic rings. The number of hydrogen-bond donors (Lipinski definition) is 2. The first kappa shape index (κ1) is 26.1. The number of hydrogen-bond acceptors (Lipinski definition) is 7. The lowest BCUT2D eigenvalue weighted by molar-refractivity contribution is -0.143. The summed E-state index contributed by atoms with van der Waals surface area (Å²) in [5, 5.41) is 10.2. The van der Waals surface area contributed by atoms with Crippen LogP contribution in [0.1, 0.15) is 48.7 Å². The second-order valence-corrected chi connectivity index (χ2v) is 9.87. The molecule has 2 N–H and O–H groups in total. The van der Waals surface area contributed by atoms with Crippen molar-refractivity contribution in [1.82, 2.24) is 20.3 Å². The standard InChI is InChI=1S/C27H31FN4O3S/c1-18-16-30-22-7-6-19(35-2)15-20(22)25(18)21(28)8-9-27(26(33)31-34)10-13-32(14-11-27)17-24(36)23-5-3-4-12-29-23/h3-7,12,15-16,21,34H,8-11,13-14,17H2,1-2H3,(H,31,33)/t21-/m1/s1. The van der Waals surface area contributed by atoms with E-state index in [2.05, 4.69) is 14.9 Å². The topological polar surface area (TPSA) is 87.6 Å². The van der Waals surface area contributed by atoms with Gasteiger partial charge in [-0.2, -0.15) is 0 Å². The second-order valence-electron chi connectivity index (χ2n) is 9.38. The summed E-state index contributed by atoms with van der Waals surface area (Å²) in [5.74, 6) is 0.176. The van der Waals surface area contributed by atoms with Crippen molar-refractivity contribution < 1.29 is 19.1 Å². The van der Waals surface area contributed by atoms with Crippen LogP contribution in [-0.4, -0.2) is 57.6 Å². The third-order valence-corrected chi connectivity index (χ3v) is 7.56. The van der Waals surface area contributed by atoms with Crippen molar-refractivity contribution in [3.8, 4) is 5.75 Å². The average Bonchev–Trinajstić information content (AvgIpc) is 2.92. The molecule has 2 aromatic heterocycles. The van der Waals surface area contributed by atoms with Crippen LogP contribution in [0.25, 0.3) is 10.9 Å². The molecule has 0 aliphatic carbocycles. The Bertz CT molecular complexity index is 1230. The van der Waals surface area contributed by atoms with Gasteiger partial charge in [0, 0.05) is 24.3 Å². The van der Waals surface area contributed by atoms with Crippen LogP contribution in [0.5, 0.6) is 5.75 Å². The molecule has 9 heteroatoms. The summed E-state index contributed by atoms with van der Waals surface area (Å²) in [6.45, 7) is 3.64. The van der Waals surface area contributed by atoms with Gasteiger partial charge in [0.25, 0.3) is 0 Å². The monoisotopic (exact) mass is 510 g/mol. The fourth-order valence-corrected chi connectivity index (χ4v) is 5.35. The van der Waals surface area contributed by atoms with Gasteiger partial charge in [-0.3, -0.25) is 24.9 Å². The first-order valence-electron chi connectivity index (χ1n) is 12.1. The number of hydroxylamine groups is 1. The van der Waals surface area contributed by atoms with E-state index >= 15 is 4.39 Å². The fraction of sp³-hybridized carbons (Fsp3) is 0.407. The number of benzene rings is 1. The SMILES string of the molecule is COc1ccc2ncc(C)c([C@H](F)CCC3(C(=O)NO)CCN(CC(=S)c4ccccn4)CC3)c2c1. The van der Waals surface area contributed by atoms with Crippen LogP contribution >= 0.6 is 12.2 Å². The van der Waals surface area contributed by atoms with Crippen molar-refractivity contribution in [2.75, 3.05) is 26.7 Å². The Kier molecular flexibility index (Phi) is 8.23. The number of fused-ring (bicyclic) bond motifs is 1. The number of carbonyl (C=O) groups is 1. The number of ether oxygens (including phenoxy) is 1. The number of piperidine rings is 1. The largest absolute Gasteiger partial charge is 0.497 e. The Morgan fingerprint density at radius 3 is 2.72 bits per heavy atom. The molecule has 4 rings (SSSR count). The molecule has 1 saturated heterocycles. The normalized spacial score (nSPS) is 16.4. The highest BCUT2D eigenvalue weighted by Gasteiger charge is 2.42. The smallest absolute Gasteiger partial charge is 0.249 e. The lowest BCUT2D eigenvalue weighted by Gasteiger charge is -2.40. The lowest BCUT2D eigenvalue weighted by atomic mass is 9.73. The minimum atomic E-state index is -1.29. The van der Waals surface area contributed by atoms with Crippen molar-refractivity contribution in [3.63, 3.8) is 0 Å². The van der Waals surface area contributed by atoms with E-state index < -0.39 is 17.5 Å². The van der Waals surface area contributed by atoms with E-state index in [1.165, 1.54) is 0 Å². The molecule has 0 unspecified atom stereocenters. The Morgan fingerprint density at radius 1 is 1.28 bits per heavy atom. The summed E-state index contributed by atoms with van der Waals surface area (Å²) in [6, 6.07) is 11.1. The molecule has 1 atom stereocenters. The summed E-state index contributed by atoms with van der Waals surface area (Å²) in [5.41, 5.74) is 3.77. The Morgan fingerprint density at radius 2 is 2.06 bits per heavy atom. The number of methoxy groups -OCH3 is 1. The number of likely N-dealkylation sites (tertiary alicyclic amines) is 1. The van der Waals surface area contributed by atoms with Gasteiger partial charge in [-0.25, -0.2) is 9.87 Å². The van der Waals surface area contributed by atoms with Crippen molar-refractivity contribution in [1.29, 1.82) is 0 Å². The van der Waals surface area contributed by atoms with Crippen LogP contribution in [0.15, 0.2) is 48.8 Å². The van der Waals surface area contributed by atoms with E-state index in [1.54, 1.807) is 31.6 Å². The number of rotatable bonds is 9. The van der Waals surface area contributed by atoms with E-state index in [9.17, 15) is 10.0 Å². The molecule has 7 nitrogen and oxygen atoms in total. The van der Waals surface area contributed by atoms with Gasteiger partial charge in [0.15, 0.2) is 0 Å². The zero-order chi connectivity index (χ0) is 25.7. The number of thiocarbonyl (C=S) groups is 1. The lowest BCUT2D eigenvalue weighted by Crippen LogP contribution is -2.49. The number of alkyl halides is 1. The third kappa shape index (κ3) is 5.53. The Labute approximate surface area is 215 Å². The zero-order valence-electron chi connectivity index (χ0n) is 20.5. The summed E-state index contributed by atoms with van der Waals surface area (Å²) < 4.78 is 21.1. The molecule has 0 bridgehead atoms. The molecule has 1 amide bonds. The minimum absolute atomic E-state index is 0.150. The maximum atomic E-state index is 15.8. The van der Waals surface area contributed by atoms with Crippen LogP contribution in [0, 0.1) is 12.3 Å². The van der Waals surface area contributed by atoms with Crippen LogP contribution in [0.2, 0.25) is 0 Å². The summed E-state index contributed by atoms with van der Waals surface area (Å²) in [7, 11) is 1.57. The van der Waals surface area contributed by atoms with Crippen molar-refractivity contribution >= 4 is 33.9 Å². The number of nitrogens with one attached hydrogen (secondary N) is 1. The summed E-state index contributed by atoms with van der Waals surface area (Å²) >= 11 is 5.55. The number of halogens is 1. The number of carbonyl (C=O) groups excluding carboxylic acids is 1. The number of pyridine rings is 2. The fourth-order valence-electron chi connectivity index (χ4n) is 5.04. The maximum absolute atomic E-state index is 15.8. The van der Waals surface area contributed by atoms with Crippen LogP contribution in [0.3, 0.4) is 0 Å². The molecule has 1 aliphatic heterocycles. The van der Waals surface area contributed by atoms with Crippen LogP contribution in [0.4, 0.5) is 4.39 Å². The molecule has 1 aromatic carbocycles. The van der Waals surface area contributed by atoms with Gasteiger partial charge < -0.3 is 4.74 Å². The van der Waals surface area contributed by atoms with Gasteiger partial charge in [0.2, 0.25) is 5.91 Å². The first-order valence-corrected chi connectivity index (χ1v) is 12.5. The quantitative estimate of drug-likeness (QED) is 0.186. The predicted molar refractivity (Wildman–Crippen MR) is 140 cm³/mol. The highest BCUT2D eigenvalue weighted by atomic mass is 32.1. The van der Waals surface area contributed by atoms with Crippen LogP contribution in [-0.2, 0) is 4.79 Å². The van der Waals surface area contributed by atoms with Gasteiger partial charge in [-0.15, -0.1) is 0 Å². The number of nitrogens with zero attached hydrogens (tertiary/aromatic N) is 3. The van der Waals surface area contributed by atoms with E-state index in [-0.39, 0.29) is 6.42 Å². The summed E-state index contributed by atoms with van der Waals surface area (Å²) in [6.07, 6.45) is 3.56. The molecule has 0 spiro atoms. The molecule has 190 valence electrons. The molecule has 0 saturated carbocycles. The van der Waals surface area contributed by atoms with Gasteiger partial charge >= 0.3 is 0 Å². The van der Waals surface area contributed by atoms with E-state index in [0.717, 1.165) is 16.1 Å². The zero-order valence-corrected chi connectivity index (χ0v) is 21.4. The van der Waals surface area contributed by atoms with Crippen molar-refractivity contribution in [2.45, 2.75) is 38.8 Å². The second kappa shape index (κ2) is 11.4. The highest BCUT2D eigenvalue weighted by molar-refractivity contribution is 7.80. The molecule has 3 aromatic rings. The molecule has 0 radical (unpaired) electrons. The van der Waals surface area contributed by atoms with Crippen molar-refractivity contribution in [2.24, 2.45) is 5.41 Å². The molecular formula is C27H31FN4O3S. The Hall–Kier alpha value is -3.01. The molecule has 3 heterocycles. The number of amides is 1. The average molecular weight is 511 g/mol. The van der Waals surface area contributed by atoms with E-state index in [4.69, 9.17) is 17.0 Å². The van der Waals surface area contributed by atoms with Crippen LogP contribution < -0.4 is 10.2 Å². The maximum Gasteiger partial charge on any atom is 0.249 e. The van der Waals surface area contributed by atoms with Crippen molar-refractivity contribution in [3.05, 3.63) is 65.6 Å². The molecule has 1 fully saturated rings. The van der Waals surface area contributed by atoms with Gasteiger partial charge in [0.05, 0.1) is 28.6 Å². The van der Waals surface area contributed by atoms with Gasteiger partial charge in [-0.05, 0) is 87.2 Å². The Balaban J connectivity index is 1.46. The minimum Gasteiger partial charge on any atom is -0.497 e. The molecule has 36 heavy (non-hydrogen) atoms. The molecular weight excluding hydrogens is 479 g/mol. The van der Waals surface area contributed by atoms with E-state index in [1.807, 2.05) is 36.7 Å².